The van der Waals surface area contributed by atoms with Crippen LogP contribution < -0.4 is 4.72 Å². The van der Waals surface area contributed by atoms with Gasteiger partial charge in [-0.15, -0.1) is 0 Å². The molecule has 3 heterocycles. The average molecular weight is 338 g/mol. The first-order valence-corrected chi connectivity index (χ1v) is 8.17. The van der Waals surface area contributed by atoms with Gasteiger partial charge < -0.3 is 0 Å². The van der Waals surface area contributed by atoms with E-state index in [0.717, 1.165) is 0 Å². The van der Waals surface area contributed by atoms with Crippen LogP contribution in [0, 0.1) is 6.92 Å². The number of rotatable bonds is 3. The molecule has 3 aromatic heterocycles. The van der Waals surface area contributed by atoms with Crippen molar-refractivity contribution in [1.82, 2.24) is 19.7 Å². The minimum absolute atomic E-state index is 0.0380. The summed E-state index contributed by atoms with van der Waals surface area (Å²) in [6.07, 6.45) is 2.77. The Labute approximate surface area is 132 Å². The van der Waals surface area contributed by atoms with Gasteiger partial charge in [0.15, 0.2) is 10.8 Å². The molecule has 7 nitrogen and oxygen atoms in total. The molecular formula is C13H12ClN5O2S. The Balaban J connectivity index is 2.06. The van der Waals surface area contributed by atoms with Crippen LogP contribution in [0.15, 0.2) is 35.5 Å². The third kappa shape index (κ3) is 2.51. The summed E-state index contributed by atoms with van der Waals surface area (Å²) in [5.74, 6) is 0. The molecule has 0 aliphatic rings. The molecule has 0 saturated carbocycles. The molecular weight excluding hydrogens is 326 g/mol. The van der Waals surface area contributed by atoms with Gasteiger partial charge in [-0.25, -0.2) is 18.4 Å². The molecule has 1 N–H and O–H groups in total. The summed E-state index contributed by atoms with van der Waals surface area (Å²) in [6, 6.07) is 4.67. The van der Waals surface area contributed by atoms with E-state index in [9.17, 15) is 8.42 Å². The van der Waals surface area contributed by atoms with Crippen LogP contribution in [-0.4, -0.2) is 28.2 Å². The zero-order chi connectivity index (χ0) is 15.9. The molecule has 0 fully saturated rings. The molecule has 0 aliphatic heterocycles. The van der Waals surface area contributed by atoms with E-state index in [0.29, 0.717) is 16.7 Å². The number of fused-ring (bicyclic) bond motifs is 1. The highest BCUT2D eigenvalue weighted by molar-refractivity contribution is 7.92. The Bertz CT molecular complexity index is 968. The Morgan fingerprint density at radius 3 is 2.82 bits per heavy atom. The van der Waals surface area contributed by atoms with E-state index in [1.807, 2.05) is 0 Å². The zero-order valence-electron chi connectivity index (χ0n) is 11.8. The number of nitrogens with one attached hydrogen (secondary N) is 1. The molecule has 0 unspecified atom stereocenters. The third-order valence-corrected chi connectivity index (χ3v) is 4.79. The van der Waals surface area contributed by atoms with Gasteiger partial charge in [0.25, 0.3) is 10.0 Å². The van der Waals surface area contributed by atoms with Gasteiger partial charge in [0.05, 0.1) is 11.4 Å². The summed E-state index contributed by atoms with van der Waals surface area (Å²) in [5, 5.41) is 4.98. The normalized spacial score (nSPS) is 11.8. The first-order valence-electron chi connectivity index (χ1n) is 6.31. The molecule has 22 heavy (non-hydrogen) atoms. The fraction of sp³-hybridized carbons (Fsp3) is 0.154. The van der Waals surface area contributed by atoms with E-state index in [4.69, 9.17) is 11.6 Å². The maximum absolute atomic E-state index is 12.5. The lowest BCUT2D eigenvalue weighted by molar-refractivity contribution is 0.601. The van der Waals surface area contributed by atoms with Gasteiger partial charge in [0, 0.05) is 24.8 Å². The van der Waals surface area contributed by atoms with E-state index < -0.39 is 10.0 Å². The van der Waals surface area contributed by atoms with Crippen molar-refractivity contribution in [2.75, 3.05) is 4.72 Å². The van der Waals surface area contributed by atoms with Crippen LogP contribution in [-0.2, 0) is 17.1 Å². The van der Waals surface area contributed by atoms with Crippen LogP contribution in [0.2, 0.25) is 5.15 Å². The summed E-state index contributed by atoms with van der Waals surface area (Å²) < 4.78 is 28.9. The van der Waals surface area contributed by atoms with E-state index in [1.54, 1.807) is 24.7 Å². The molecule has 0 atom stereocenters. The van der Waals surface area contributed by atoms with Crippen LogP contribution in [0.5, 0.6) is 0 Å². The summed E-state index contributed by atoms with van der Waals surface area (Å²) in [4.78, 5) is 8.04. The number of aromatic nitrogens is 4. The van der Waals surface area contributed by atoms with E-state index in [2.05, 4.69) is 19.8 Å². The van der Waals surface area contributed by atoms with E-state index >= 15 is 0 Å². The molecule has 3 rings (SSSR count). The highest BCUT2D eigenvalue weighted by Gasteiger charge is 2.18. The van der Waals surface area contributed by atoms with Crippen LogP contribution in [0.1, 0.15) is 5.69 Å². The highest BCUT2D eigenvalue weighted by Crippen LogP contribution is 2.24. The number of halogens is 1. The van der Waals surface area contributed by atoms with Gasteiger partial charge in [-0.3, -0.25) is 9.40 Å². The smallest absolute Gasteiger partial charge is 0.263 e. The fourth-order valence-electron chi connectivity index (χ4n) is 2.10. The van der Waals surface area contributed by atoms with Gasteiger partial charge in [-0.2, -0.15) is 5.10 Å². The largest absolute Gasteiger partial charge is 0.276 e. The second kappa shape index (κ2) is 5.22. The van der Waals surface area contributed by atoms with Crippen molar-refractivity contribution in [1.29, 1.82) is 0 Å². The first kappa shape index (κ1) is 14.7. The molecule has 0 aliphatic carbocycles. The van der Waals surface area contributed by atoms with Crippen molar-refractivity contribution in [3.63, 3.8) is 0 Å². The lowest BCUT2D eigenvalue weighted by Gasteiger charge is -2.08. The Morgan fingerprint density at radius 1 is 1.32 bits per heavy atom. The number of hydrogen-bond acceptors (Lipinski definition) is 5. The second-order valence-electron chi connectivity index (χ2n) is 4.70. The third-order valence-electron chi connectivity index (χ3n) is 3.15. The van der Waals surface area contributed by atoms with Crippen molar-refractivity contribution < 1.29 is 8.42 Å². The Hall–Kier alpha value is -2.19. The highest BCUT2D eigenvalue weighted by atomic mass is 35.5. The number of nitrogens with zero attached hydrogens (tertiary/aromatic N) is 4. The van der Waals surface area contributed by atoms with E-state index in [-0.39, 0.29) is 15.7 Å². The standard InChI is InChI=1S/C13H12ClN5O2S/c1-8-10-6-9(7-16-13(10)19(2)17-8)22(20,21)18-11-4-3-5-15-12(11)14/h3-7,18H,1-2H3. The van der Waals surface area contributed by atoms with E-state index in [1.165, 1.54) is 24.5 Å². The Kier molecular flexibility index (Phi) is 3.50. The lowest BCUT2D eigenvalue weighted by Crippen LogP contribution is -2.13. The predicted molar refractivity (Wildman–Crippen MR) is 83.3 cm³/mol. The number of hydrogen-bond donors (Lipinski definition) is 1. The number of pyridine rings is 2. The van der Waals surface area contributed by atoms with Gasteiger partial charge in [0.2, 0.25) is 0 Å². The first-order chi connectivity index (χ1) is 10.4. The molecule has 0 saturated heterocycles. The summed E-state index contributed by atoms with van der Waals surface area (Å²) in [5.41, 5.74) is 1.55. The average Bonchev–Trinajstić information content (AvgIpc) is 2.76. The summed E-state index contributed by atoms with van der Waals surface area (Å²) in [6.45, 7) is 1.80. The van der Waals surface area contributed by atoms with Gasteiger partial charge in [0.1, 0.15) is 4.90 Å². The van der Waals surface area contributed by atoms with Gasteiger partial charge >= 0.3 is 0 Å². The molecule has 0 radical (unpaired) electrons. The van der Waals surface area contributed by atoms with Crippen molar-refractivity contribution in [3.8, 4) is 0 Å². The maximum Gasteiger partial charge on any atom is 0.263 e. The van der Waals surface area contributed by atoms with Crippen LogP contribution in [0.4, 0.5) is 5.69 Å². The zero-order valence-corrected chi connectivity index (χ0v) is 13.4. The van der Waals surface area contributed by atoms with Crippen molar-refractivity contribution >= 4 is 38.3 Å². The molecule has 0 amide bonds. The quantitative estimate of drug-likeness (QED) is 0.739. The lowest BCUT2D eigenvalue weighted by atomic mass is 10.3. The van der Waals surface area contributed by atoms with Crippen molar-refractivity contribution in [2.24, 2.45) is 7.05 Å². The van der Waals surface area contributed by atoms with Crippen molar-refractivity contribution in [3.05, 3.63) is 41.4 Å². The van der Waals surface area contributed by atoms with Crippen LogP contribution >= 0.6 is 11.6 Å². The van der Waals surface area contributed by atoms with Crippen molar-refractivity contribution in [2.45, 2.75) is 11.8 Å². The summed E-state index contributed by atoms with van der Waals surface area (Å²) >= 11 is 5.87. The molecule has 3 aromatic rings. The number of anilines is 1. The van der Waals surface area contributed by atoms with Gasteiger partial charge in [-0.1, -0.05) is 11.6 Å². The second-order valence-corrected chi connectivity index (χ2v) is 6.74. The molecule has 114 valence electrons. The summed E-state index contributed by atoms with van der Waals surface area (Å²) in [7, 11) is -2.05. The topological polar surface area (TPSA) is 89.8 Å². The predicted octanol–water partition coefficient (Wildman–Crippen LogP) is 2.13. The van der Waals surface area contributed by atoms with Crippen LogP contribution in [0.25, 0.3) is 11.0 Å². The SMILES string of the molecule is Cc1nn(C)c2ncc(S(=O)(=O)Nc3cccnc3Cl)cc12. The van der Waals surface area contributed by atoms with Gasteiger partial charge in [-0.05, 0) is 25.1 Å². The molecule has 9 heteroatoms. The number of aryl methyl sites for hydroxylation is 2. The van der Waals surface area contributed by atoms with Crippen LogP contribution in [0.3, 0.4) is 0 Å². The molecule has 0 bridgehead atoms. The number of sulfonamides is 1. The Morgan fingerprint density at radius 2 is 2.09 bits per heavy atom. The molecule has 0 aromatic carbocycles. The minimum Gasteiger partial charge on any atom is -0.276 e. The maximum atomic E-state index is 12.5. The minimum atomic E-state index is -3.81. The monoisotopic (exact) mass is 337 g/mol. The molecule has 0 spiro atoms. The fourth-order valence-corrected chi connectivity index (χ4v) is 3.36.